The number of methoxy groups -OCH3 is 1. The average molecular weight is 361 g/mol. The lowest BCUT2D eigenvalue weighted by molar-refractivity contribution is 0.411. The highest BCUT2D eigenvalue weighted by molar-refractivity contribution is 7.98. The molecule has 0 bridgehead atoms. The van der Waals surface area contributed by atoms with Crippen molar-refractivity contribution in [2.45, 2.75) is 17.8 Å². The Kier molecular flexibility index (Phi) is 4.97. The number of nitrogen functional groups attached to an aromatic ring is 1. The molecule has 124 valence electrons. The molecular formula is C17H17ClN4OS. The van der Waals surface area contributed by atoms with Crippen LogP contribution in [0.5, 0.6) is 5.75 Å². The summed E-state index contributed by atoms with van der Waals surface area (Å²) < 4.78 is 6.86. The third-order valence-corrected chi connectivity index (χ3v) is 4.80. The third kappa shape index (κ3) is 3.49. The van der Waals surface area contributed by atoms with Gasteiger partial charge in [0.1, 0.15) is 5.75 Å². The lowest BCUT2D eigenvalue weighted by atomic mass is 10.1. The minimum Gasteiger partial charge on any atom is -0.496 e. The van der Waals surface area contributed by atoms with Crippen LogP contribution in [0.4, 0.5) is 0 Å². The second-order valence-electron chi connectivity index (χ2n) is 5.29. The van der Waals surface area contributed by atoms with E-state index in [1.807, 2.05) is 43.3 Å². The molecule has 0 amide bonds. The monoisotopic (exact) mass is 360 g/mol. The molecule has 0 spiro atoms. The van der Waals surface area contributed by atoms with E-state index in [9.17, 15) is 0 Å². The van der Waals surface area contributed by atoms with Crippen LogP contribution in [0.1, 0.15) is 11.1 Å². The van der Waals surface area contributed by atoms with Crippen molar-refractivity contribution in [3.8, 4) is 17.1 Å². The summed E-state index contributed by atoms with van der Waals surface area (Å²) in [4.78, 5) is 0. The van der Waals surface area contributed by atoms with Gasteiger partial charge in [-0.15, -0.1) is 10.2 Å². The summed E-state index contributed by atoms with van der Waals surface area (Å²) in [6.45, 7) is 2.04. The fourth-order valence-electron chi connectivity index (χ4n) is 2.28. The van der Waals surface area contributed by atoms with Crippen molar-refractivity contribution in [1.29, 1.82) is 0 Å². The van der Waals surface area contributed by atoms with Gasteiger partial charge in [-0.2, -0.15) is 0 Å². The van der Waals surface area contributed by atoms with Gasteiger partial charge < -0.3 is 10.6 Å². The fourth-order valence-corrected chi connectivity index (χ4v) is 3.31. The van der Waals surface area contributed by atoms with Crippen LogP contribution in [0.25, 0.3) is 11.4 Å². The van der Waals surface area contributed by atoms with Crippen molar-refractivity contribution in [3.05, 3.63) is 58.6 Å². The molecule has 0 fully saturated rings. The first kappa shape index (κ1) is 16.7. The highest BCUT2D eigenvalue weighted by Gasteiger charge is 2.13. The quantitative estimate of drug-likeness (QED) is 0.551. The molecule has 0 radical (unpaired) electrons. The number of thioether (sulfide) groups is 1. The summed E-state index contributed by atoms with van der Waals surface area (Å²) in [7, 11) is 1.64. The SMILES string of the molecule is COc1ccc(Cl)cc1CSc1nnc(-c2ccc(C)cc2)n1N. The first-order valence-electron chi connectivity index (χ1n) is 7.31. The van der Waals surface area contributed by atoms with Crippen molar-refractivity contribution in [3.63, 3.8) is 0 Å². The molecule has 0 aliphatic carbocycles. The maximum Gasteiger partial charge on any atom is 0.210 e. The normalized spacial score (nSPS) is 10.8. The summed E-state index contributed by atoms with van der Waals surface area (Å²) in [5, 5.41) is 9.68. The Morgan fingerprint density at radius 3 is 2.62 bits per heavy atom. The topological polar surface area (TPSA) is 66.0 Å². The van der Waals surface area contributed by atoms with Gasteiger partial charge in [0, 0.05) is 21.9 Å². The number of hydrogen-bond donors (Lipinski definition) is 1. The summed E-state index contributed by atoms with van der Waals surface area (Å²) in [6, 6.07) is 13.5. The Bertz CT molecular complexity index is 848. The number of halogens is 1. The molecular weight excluding hydrogens is 344 g/mol. The Morgan fingerprint density at radius 2 is 1.92 bits per heavy atom. The van der Waals surface area contributed by atoms with E-state index in [0.29, 0.717) is 21.8 Å². The smallest absolute Gasteiger partial charge is 0.210 e. The van der Waals surface area contributed by atoms with E-state index >= 15 is 0 Å². The van der Waals surface area contributed by atoms with Crippen LogP contribution in [-0.4, -0.2) is 22.0 Å². The van der Waals surface area contributed by atoms with E-state index in [4.69, 9.17) is 22.2 Å². The van der Waals surface area contributed by atoms with Crippen molar-refractivity contribution < 1.29 is 4.74 Å². The standard InChI is InChI=1S/C17H17ClN4OS/c1-11-3-5-12(6-4-11)16-20-21-17(22(16)19)24-10-13-9-14(18)7-8-15(13)23-2/h3-9H,10,19H2,1-2H3. The third-order valence-electron chi connectivity index (χ3n) is 3.57. The number of benzene rings is 2. The largest absolute Gasteiger partial charge is 0.496 e. The van der Waals surface area contributed by atoms with Gasteiger partial charge in [-0.05, 0) is 25.1 Å². The molecule has 3 aromatic rings. The summed E-state index contributed by atoms with van der Waals surface area (Å²) >= 11 is 7.54. The number of aromatic nitrogens is 3. The molecule has 3 rings (SSSR count). The Labute approximate surface area is 149 Å². The average Bonchev–Trinajstić information content (AvgIpc) is 2.95. The molecule has 24 heavy (non-hydrogen) atoms. The molecule has 0 unspecified atom stereocenters. The van der Waals surface area contributed by atoms with Crippen LogP contribution >= 0.6 is 23.4 Å². The molecule has 5 nitrogen and oxygen atoms in total. The highest BCUT2D eigenvalue weighted by Crippen LogP contribution is 2.30. The predicted octanol–water partition coefficient (Wildman–Crippen LogP) is 3.92. The maximum absolute atomic E-state index is 6.15. The van der Waals surface area contributed by atoms with Crippen LogP contribution in [0, 0.1) is 6.92 Å². The minimum atomic E-state index is 0.632. The molecule has 0 aliphatic rings. The Morgan fingerprint density at radius 1 is 1.17 bits per heavy atom. The molecule has 7 heteroatoms. The van der Waals surface area contributed by atoms with E-state index in [-0.39, 0.29) is 0 Å². The van der Waals surface area contributed by atoms with Gasteiger partial charge in [-0.3, -0.25) is 0 Å². The molecule has 0 aliphatic heterocycles. The van der Waals surface area contributed by atoms with Gasteiger partial charge >= 0.3 is 0 Å². The maximum atomic E-state index is 6.15. The van der Waals surface area contributed by atoms with Crippen molar-refractivity contribution in [2.24, 2.45) is 0 Å². The number of hydrogen-bond acceptors (Lipinski definition) is 5. The Hall–Kier alpha value is -2.18. The second kappa shape index (κ2) is 7.15. The molecule has 0 saturated carbocycles. The molecule has 1 aromatic heterocycles. The number of aryl methyl sites for hydroxylation is 1. The van der Waals surface area contributed by atoms with Crippen molar-refractivity contribution in [2.75, 3.05) is 13.0 Å². The van der Waals surface area contributed by atoms with Crippen LogP contribution in [-0.2, 0) is 5.75 Å². The van der Waals surface area contributed by atoms with E-state index < -0.39 is 0 Å². The highest BCUT2D eigenvalue weighted by atomic mass is 35.5. The first-order chi connectivity index (χ1) is 11.6. The number of nitrogens with zero attached hydrogens (tertiary/aromatic N) is 3. The number of ether oxygens (including phenoxy) is 1. The van der Waals surface area contributed by atoms with E-state index in [2.05, 4.69) is 10.2 Å². The van der Waals surface area contributed by atoms with Crippen LogP contribution < -0.4 is 10.6 Å². The second-order valence-corrected chi connectivity index (χ2v) is 6.67. The molecule has 2 N–H and O–H groups in total. The molecule has 2 aromatic carbocycles. The minimum absolute atomic E-state index is 0.632. The van der Waals surface area contributed by atoms with Gasteiger partial charge in [0.25, 0.3) is 0 Å². The van der Waals surface area contributed by atoms with E-state index in [1.165, 1.54) is 22.0 Å². The lowest BCUT2D eigenvalue weighted by Crippen LogP contribution is -2.11. The molecule has 1 heterocycles. The number of rotatable bonds is 5. The zero-order valence-electron chi connectivity index (χ0n) is 13.4. The van der Waals surface area contributed by atoms with Gasteiger partial charge in [-0.1, -0.05) is 53.2 Å². The molecule has 0 atom stereocenters. The van der Waals surface area contributed by atoms with E-state index in [0.717, 1.165) is 16.9 Å². The van der Waals surface area contributed by atoms with Crippen LogP contribution in [0.2, 0.25) is 5.02 Å². The van der Waals surface area contributed by atoms with E-state index in [1.54, 1.807) is 13.2 Å². The first-order valence-corrected chi connectivity index (χ1v) is 8.67. The van der Waals surface area contributed by atoms with Gasteiger partial charge in [0.05, 0.1) is 7.11 Å². The van der Waals surface area contributed by atoms with Gasteiger partial charge in [0.15, 0.2) is 5.82 Å². The zero-order chi connectivity index (χ0) is 17.1. The van der Waals surface area contributed by atoms with Gasteiger partial charge in [0.2, 0.25) is 5.16 Å². The molecule has 0 saturated heterocycles. The summed E-state index contributed by atoms with van der Waals surface area (Å²) in [5.74, 6) is 8.20. The predicted molar refractivity (Wildman–Crippen MR) is 97.9 cm³/mol. The summed E-state index contributed by atoms with van der Waals surface area (Å²) in [5.41, 5.74) is 3.10. The lowest BCUT2D eigenvalue weighted by Gasteiger charge is -2.08. The Balaban J connectivity index is 1.80. The van der Waals surface area contributed by atoms with Crippen LogP contribution in [0.15, 0.2) is 47.6 Å². The number of nitrogens with two attached hydrogens (primary N) is 1. The van der Waals surface area contributed by atoms with Crippen molar-refractivity contribution in [1.82, 2.24) is 14.9 Å². The fraction of sp³-hybridized carbons (Fsp3) is 0.176. The van der Waals surface area contributed by atoms with Crippen molar-refractivity contribution >= 4 is 23.4 Å². The van der Waals surface area contributed by atoms with Gasteiger partial charge in [-0.25, -0.2) is 4.68 Å². The van der Waals surface area contributed by atoms with Crippen LogP contribution in [0.3, 0.4) is 0 Å². The zero-order valence-corrected chi connectivity index (χ0v) is 14.9. The summed E-state index contributed by atoms with van der Waals surface area (Å²) in [6.07, 6.45) is 0.